The molecule has 0 aliphatic carbocycles. The molecule has 1 heterocycles. The minimum atomic E-state index is -0.793. The number of hydrogen-bond donors (Lipinski definition) is 2. The first-order valence-corrected chi connectivity index (χ1v) is 9.52. The van der Waals surface area contributed by atoms with Gasteiger partial charge in [-0.25, -0.2) is 0 Å². The third-order valence-electron chi connectivity index (χ3n) is 5.12. The van der Waals surface area contributed by atoms with Gasteiger partial charge in [-0.3, -0.25) is 9.59 Å². The Morgan fingerprint density at radius 2 is 1.86 bits per heavy atom. The van der Waals surface area contributed by atoms with Crippen LogP contribution < -0.4 is 10.1 Å². The molecule has 0 saturated carbocycles. The largest absolute Gasteiger partial charge is 0.497 e. The van der Waals surface area contributed by atoms with Gasteiger partial charge in [0.05, 0.1) is 13.2 Å². The van der Waals surface area contributed by atoms with Gasteiger partial charge in [0.25, 0.3) is 5.91 Å². The van der Waals surface area contributed by atoms with Crippen molar-refractivity contribution in [3.05, 3.63) is 65.7 Å². The molecule has 0 bridgehead atoms. The molecule has 148 valence electrons. The van der Waals surface area contributed by atoms with Crippen molar-refractivity contribution < 1.29 is 19.4 Å². The molecule has 6 heteroatoms. The number of likely N-dealkylation sites (tertiary alicyclic amines) is 1. The van der Waals surface area contributed by atoms with Crippen molar-refractivity contribution in [2.24, 2.45) is 5.92 Å². The highest BCUT2D eigenvalue weighted by Gasteiger charge is 2.28. The van der Waals surface area contributed by atoms with Gasteiger partial charge in [-0.15, -0.1) is 0 Å². The van der Waals surface area contributed by atoms with E-state index in [-0.39, 0.29) is 24.3 Å². The highest BCUT2D eigenvalue weighted by atomic mass is 16.5. The highest BCUT2D eigenvalue weighted by molar-refractivity contribution is 5.94. The molecule has 1 fully saturated rings. The molecule has 0 radical (unpaired) electrons. The van der Waals surface area contributed by atoms with Crippen LogP contribution in [0.25, 0.3) is 0 Å². The molecule has 1 aliphatic rings. The Hall–Kier alpha value is -2.86. The van der Waals surface area contributed by atoms with Gasteiger partial charge >= 0.3 is 0 Å². The molecule has 1 saturated heterocycles. The van der Waals surface area contributed by atoms with Crippen molar-refractivity contribution in [2.45, 2.75) is 18.9 Å². The Labute approximate surface area is 165 Å². The number of carbonyl (C=O) groups is 2. The molecule has 1 aliphatic heterocycles. The number of carbonyl (C=O) groups excluding carboxylic acids is 2. The number of aliphatic hydroxyl groups excluding tert-OH is 1. The molecule has 2 amide bonds. The quantitative estimate of drug-likeness (QED) is 0.804. The molecule has 2 aromatic carbocycles. The SMILES string of the molecule is COc1cccc(C(O)CNC(=O)C2CCN(C(=O)c3ccccc3)CC2)c1. The van der Waals surface area contributed by atoms with E-state index in [1.54, 1.807) is 48.4 Å². The number of ether oxygens (including phenoxy) is 1. The first kappa shape index (κ1) is 19.9. The average molecular weight is 382 g/mol. The Morgan fingerprint density at radius 1 is 1.14 bits per heavy atom. The van der Waals surface area contributed by atoms with E-state index in [2.05, 4.69) is 5.32 Å². The third kappa shape index (κ3) is 4.89. The van der Waals surface area contributed by atoms with E-state index in [0.29, 0.717) is 42.8 Å². The summed E-state index contributed by atoms with van der Waals surface area (Å²) in [5.74, 6) is 0.456. The van der Waals surface area contributed by atoms with Crippen molar-refractivity contribution in [1.29, 1.82) is 0 Å². The second-order valence-corrected chi connectivity index (χ2v) is 6.97. The first-order chi connectivity index (χ1) is 13.6. The number of hydrogen-bond acceptors (Lipinski definition) is 4. The van der Waals surface area contributed by atoms with Crippen LogP contribution >= 0.6 is 0 Å². The zero-order valence-electron chi connectivity index (χ0n) is 16.0. The molecular formula is C22H26N2O4. The molecule has 1 unspecified atom stereocenters. The highest BCUT2D eigenvalue weighted by Crippen LogP contribution is 2.21. The van der Waals surface area contributed by atoms with E-state index < -0.39 is 6.10 Å². The van der Waals surface area contributed by atoms with Crippen LogP contribution in [0.4, 0.5) is 0 Å². The maximum Gasteiger partial charge on any atom is 0.253 e. The van der Waals surface area contributed by atoms with Crippen LogP contribution in [0.3, 0.4) is 0 Å². The van der Waals surface area contributed by atoms with Gasteiger partial charge in [-0.1, -0.05) is 30.3 Å². The van der Waals surface area contributed by atoms with Crippen LogP contribution in [-0.4, -0.2) is 48.6 Å². The average Bonchev–Trinajstić information content (AvgIpc) is 2.77. The summed E-state index contributed by atoms with van der Waals surface area (Å²) in [6, 6.07) is 16.4. The lowest BCUT2D eigenvalue weighted by Gasteiger charge is -2.31. The van der Waals surface area contributed by atoms with Crippen molar-refractivity contribution in [3.8, 4) is 5.75 Å². The van der Waals surface area contributed by atoms with Crippen molar-refractivity contribution in [1.82, 2.24) is 10.2 Å². The topological polar surface area (TPSA) is 78.9 Å². The van der Waals surface area contributed by atoms with Crippen molar-refractivity contribution in [2.75, 3.05) is 26.7 Å². The number of methoxy groups -OCH3 is 1. The van der Waals surface area contributed by atoms with Gasteiger partial charge in [0.2, 0.25) is 5.91 Å². The molecule has 1 atom stereocenters. The molecule has 28 heavy (non-hydrogen) atoms. The van der Waals surface area contributed by atoms with Crippen molar-refractivity contribution in [3.63, 3.8) is 0 Å². The summed E-state index contributed by atoms with van der Waals surface area (Å²) < 4.78 is 5.16. The van der Waals surface area contributed by atoms with Gasteiger partial charge in [-0.05, 0) is 42.7 Å². The summed E-state index contributed by atoms with van der Waals surface area (Å²) in [6.07, 6.45) is 0.457. The number of amides is 2. The van der Waals surface area contributed by atoms with Gasteiger partial charge in [0, 0.05) is 31.1 Å². The second kappa shape index (κ2) is 9.37. The summed E-state index contributed by atoms with van der Waals surface area (Å²) in [5, 5.41) is 13.1. The maximum atomic E-state index is 12.5. The van der Waals surface area contributed by atoms with Crippen LogP contribution in [0.5, 0.6) is 5.75 Å². The monoisotopic (exact) mass is 382 g/mol. The molecule has 3 rings (SSSR count). The second-order valence-electron chi connectivity index (χ2n) is 6.97. The zero-order chi connectivity index (χ0) is 19.9. The van der Waals surface area contributed by atoms with Crippen LogP contribution in [0.15, 0.2) is 54.6 Å². The number of benzene rings is 2. The Balaban J connectivity index is 1.46. The lowest BCUT2D eigenvalue weighted by molar-refractivity contribution is -0.126. The number of piperidine rings is 1. The Morgan fingerprint density at radius 3 is 2.54 bits per heavy atom. The first-order valence-electron chi connectivity index (χ1n) is 9.52. The molecular weight excluding hydrogens is 356 g/mol. The Kier molecular flexibility index (Phi) is 6.66. The van der Waals surface area contributed by atoms with Gasteiger partial charge in [-0.2, -0.15) is 0 Å². The molecule has 0 spiro atoms. The summed E-state index contributed by atoms with van der Waals surface area (Å²) in [6.45, 7) is 1.27. The number of nitrogens with zero attached hydrogens (tertiary/aromatic N) is 1. The fourth-order valence-electron chi connectivity index (χ4n) is 3.42. The van der Waals surface area contributed by atoms with E-state index >= 15 is 0 Å². The van der Waals surface area contributed by atoms with E-state index in [1.807, 2.05) is 18.2 Å². The summed E-state index contributed by atoms with van der Waals surface area (Å²) in [4.78, 5) is 26.7. The van der Waals surface area contributed by atoms with E-state index in [0.717, 1.165) is 0 Å². The number of aliphatic hydroxyl groups is 1. The van der Waals surface area contributed by atoms with Crippen LogP contribution in [0.1, 0.15) is 34.9 Å². The molecule has 0 aromatic heterocycles. The number of nitrogens with one attached hydrogen (secondary N) is 1. The summed E-state index contributed by atoms with van der Waals surface area (Å²) in [5.41, 5.74) is 1.37. The van der Waals surface area contributed by atoms with Gasteiger partial charge in [0.1, 0.15) is 5.75 Å². The van der Waals surface area contributed by atoms with Gasteiger partial charge < -0.3 is 20.1 Å². The molecule has 2 N–H and O–H groups in total. The normalized spacial score (nSPS) is 15.7. The van der Waals surface area contributed by atoms with Gasteiger partial charge in [0.15, 0.2) is 0 Å². The molecule has 2 aromatic rings. The molecule has 6 nitrogen and oxygen atoms in total. The lowest BCUT2D eigenvalue weighted by atomic mass is 9.95. The third-order valence-corrected chi connectivity index (χ3v) is 5.12. The fraction of sp³-hybridized carbons (Fsp3) is 0.364. The number of rotatable bonds is 6. The van der Waals surface area contributed by atoms with Crippen LogP contribution in [0.2, 0.25) is 0 Å². The lowest BCUT2D eigenvalue weighted by Crippen LogP contribution is -2.43. The fourth-order valence-corrected chi connectivity index (χ4v) is 3.42. The smallest absolute Gasteiger partial charge is 0.253 e. The van der Waals surface area contributed by atoms with E-state index in [1.165, 1.54) is 0 Å². The zero-order valence-corrected chi connectivity index (χ0v) is 16.0. The Bertz CT molecular complexity index is 801. The standard InChI is InChI=1S/C22H26N2O4/c1-28-19-9-5-8-18(14-19)20(25)15-23-21(26)16-10-12-24(13-11-16)22(27)17-6-3-2-4-7-17/h2-9,14,16,20,25H,10-13,15H2,1H3,(H,23,26). The van der Waals surface area contributed by atoms with Crippen LogP contribution in [-0.2, 0) is 4.79 Å². The van der Waals surface area contributed by atoms with Crippen LogP contribution in [0, 0.1) is 5.92 Å². The predicted octanol–water partition coefficient (Wildman–Crippen LogP) is 2.40. The minimum Gasteiger partial charge on any atom is -0.497 e. The summed E-state index contributed by atoms with van der Waals surface area (Å²) in [7, 11) is 1.57. The minimum absolute atomic E-state index is 0.00732. The van der Waals surface area contributed by atoms with E-state index in [9.17, 15) is 14.7 Å². The predicted molar refractivity (Wildman–Crippen MR) is 106 cm³/mol. The van der Waals surface area contributed by atoms with E-state index in [4.69, 9.17) is 4.74 Å². The van der Waals surface area contributed by atoms with Crippen molar-refractivity contribution >= 4 is 11.8 Å². The maximum absolute atomic E-state index is 12.5. The summed E-state index contributed by atoms with van der Waals surface area (Å²) >= 11 is 0.